The molecule has 2 saturated heterocycles. The smallest absolute Gasteiger partial charge is 0.0841 e. The fraction of sp³-hybridized carbons (Fsp3) is 0.600. The van der Waals surface area contributed by atoms with E-state index in [4.69, 9.17) is 0 Å². The molecule has 2 heteroatoms. The van der Waals surface area contributed by atoms with Gasteiger partial charge in [0.15, 0.2) is 0 Å². The van der Waals surface area contributed by atoms with Crippen molar-refractivity contribution in [3.8, 4) is 0 Å². The molecule has 0 unspecified atom stereocenters. The molecule has 0 saturated carbocycles. The number of hydrogen-bond donors (Lipinski definition) is 1. The maximum atomic E-state index is 10.6. The van der Waals surface area contributed by atoms with E-state index >= 15 is 0 Å². The van der Waals surface area contributed by atoms with Crippen LogP contribution in [0.2, 0.25) is 0 Å². The van der Waals surface area contributed by atoms with Crippen molar-refractivity contribution in [2.75, 3.05) is 7.05 Å². The standard InChI is InChI=1S/C15H19NO/c1-16-9-6-7-13(16)14-12(8-9)10-4-2-3-5-11(10)15(14)17/h2-5,9,12-15,17H,6-8H2,1H3/t9-,12+,13+,14-,15-/m0/s1. The molecule has 2 bridgehead atoms. The van der Waals surface area contributed by atoms with Gasteiger partial charge in [0.1, 0.15) is 0 Å². The molecule has 0 radical (unpaired) electrons. The molecule has 0 amide bonds. The van der Waals surface area contributed by atoms with Gasteiger partial charge in [0, 0.05) is 18.0 Å². The molecule has 3 aliphatic rings. The number of rotatable bonds is 0. The average Bonchev–Trinajstić information content (AvgIpc) is 2.75. The van der Waals surface area contributed by atoms with Gasteiger partial charge in [-0.1, -0.05) is 24.3 Å². The highest BCUT2D eigenvalue weighted by Gasteiger charge is 2.52. The number of hydrogen-bond acceptors (Lipinski definition) is 2. The molecule has 5 atom stereocenters. The monoisotopic (exact) mass is 229 g/mol. The van der Waals surface area contributed by atoms with Gasteiger partial charge >= 0.3 is 0 Å². The lowest BCUT2D eigenvalue weighted by atomic mass is 9.80. The highest BCUT2D eigenvalue weighted by Crippen LogP contribution is 2.56. The van der Waals surface area contributed by atoms with E-state index in [1.807, 2.05) is 0 Å². The minimum atomic E-state index is -0.234. The second-order valence-corrected chi connectivity index (χ2v) is 5.96. The van der Waals surface area contributed by atoms with E-state index in [0.717, 1.165) is 6.04 Å². The first-order valence-corrected chi connectivity index (χ1v) is 6.76. The largest absolute Gasteiger partial charge is 0.388 e. The fourth-order valence-electron chi connectivity index (χ4n) is 4.60. The van der Waals surface area contributed by atoms with Crippen LogP contribution in [0.3, 0.4) is 0 Å². The molecule has 90 valence electrons. The van der Waals surface area contributed by atoms with Crippen LogP contribution in [0.5, 0.6) is 0 Å². The normalized spacial score (nSPS) is 43.5. The third kappa shape index (κ3) is 1.18. The van der Waals surface area contributed by atoms with Crippen LogP contribution in [0.15, 0.2) is 24.3 Å². The highest BCUT2D eigenvalue weighted by molar-refractivity contribution is 5.40. The Bertz CT molecular complexity index is 458. The predicted octanol–water partition coefficient (Wildman–Crippen LogP) is 2.30. The summed E-state index contributed by atoms with van der Waals surface area (Å²) in [5.41, 5.74) is 2.62. The molecule has 1 aromatic rings. The Morgan fingerprint density at radius 3 is 2.76 bits per heavy atom. The zero-order valence-corrected chi connectivity index (χ0v) is 10.2. The Hall–Kier alpha value is -0.860. The van der Waals surface area contributed by atoms with E-state index in [2.05, 4.69) is 36.2 Å². The number of aliphatic hydroxyl groups is 1. The van der Waals surface area contributed by atoms with Crippen molar-refractivity contribution < 1.29 is 5.11 Å². The summed E-state index contributed by atoms with van der Waals surface area (Å²) in [6, 6.07) is 9.87. The average molecular weight is 229 g/mol. The van der Waals surface area contributed by atoms with Gasteiger partial charge < -0.3 is 10.0 Å². The van der Waals surface area contributed by atoms with Crippen LogP contribution >= 0.6 is 0 Å². The zero-order valence-electron chi connectivity index (χ0n) is 10.2. The van der Waals surface area contributed by atoms with E-state index in [0.29, 0.717) is 17.9 Å². The first-order chi connectivity index (χ1) is 8.27. The van der Waals surface area contributed by atoms with Crippen LogP contribution in [0.1, 0.15) is 42.4 Å². The molecular weight excluding hydrogens is 210 g/mol. The van der Waals surface area contributed by atoms with Gasteiger partial charge in [0.2, 0.25) is 0 Å². The number of fused-ring (bicyclic) bond motifs is 6. The van der Waals surface area contributed by atoms with E-state index in [1.54, 1.807) is 0 Å². The Morgan fingerprint density at radius 1 is 1.18 bits per heavy atom. The fourth-order valence-corrected chi connectivity index (χ4v) is 4.60. The molecule has 1 aromatic carbocycles. The lowest BCUT2D eigenvalue weighted by Crippen LogP contribution is -2.45. The van der Waals surface area contributed by atoms with Gasteiger partial charge in [0.25, 0.3) is 0 Å². The van der Waals surface area contributed by atoms with E-state index in [9.17, 15) is 5.11 Å². The molecule has 1 N–H and O–H groups in total. The first kappa shape index (κ1) is 10.1. The Kier molecular flexibility index (Phi) is 1.98. The molecule has 2 fully saturated rings. The number of piperidine rings is 1. The van der Waals surface area contributed by atoms with Gasteiger partial charge in [-0.25, -0.2) is 0 Å². The first-order valence-electron chi connectivity index (χ1n) is 6.76. The maximum Gasteiger partial charge on any atom is 0.0841 e. The third-order valence-electron chi connectivity index (χ3n) is 5.41. The van der Waals surface area contributed by atoms with E-state index < -0.39 is 0 Å². The van der Waals surface area contributed by atoms with Gasteiger partial charge in [-0.05, 0) is 43.4 Å². The van der Waals surface area contributed by atoms with Crippen LogP contribution in [-0.2, 0) is 0 Å². The number of nitrogens with zero attached hydrogens (tertiary/aromatic N) is 1. The summed E-state index contributed by atoms with van der Waals surface area (Å²) in [5, 5.41) is 10.6. The summed E-state index contributed by atoms with van der Waals surface area (Å²) in [6.07, 6.45) is 3.60. The molecule has 2 nitrogen and oxygen atoms in total. The summed E-state index contributed by atoms with van der Waals surface area (Å²) in [5.74, 6) is 1.05. The Labute approximate surface area is 102 Å². The summed E-state index contributed by atoms with van der Waals surface area (Å²) in [7, 11) is 2.24. The van der Waals surface area contributed by atoms with Crippen LogP contribution < -0.4 is 0 Å². The van der Waals surface area contributed by atoms with Crippen LogP contribution in [0.4, 0.5) is 0 Å². The van der Waals surface area contributed by atoms with Crippen molar-refractivity contribution in [2.45, 2.75) is 43.4 Å². The van der Waals surface area contributed by atoms with E-state index in [1.165, 1.54) is 30.4 Å². The topological polar surface area (TPSA) is 23.5 Å². The lowest BCUT2D eigenvalue weighted by molar-refractivity contribution is 0.0194. The van der Waals surface area contributed by atoms with Gasteiger partial charge in [0.05, 0.1) is 6.10 Å². The van der Waals surface area contributed by atoms with Crippen molar-refractivity contribution >= 4 is 0 Å². The molecule has 2 heterocycles. The number of aliphatic hydroxyl groups excluding tert-OH is 1. The van der Waals surface area contributed by atoms with Crippen LogP contribution in [0.25, 0.3) is 0 Å². The minimum absolute atomic E-state index is 0.234. The maximum absolute atomic E-state index is 10.6. The summed E-state index contributed by atoms with van der Waals surface area (Å²) >= 11 is 0. The van der Waals surface area contributed by atoms with Crippen molar-refractivity contribution in [1.29, 1.82) is 0 Å². The van der Waals surface area contributed by atoms with Gasteiger partial charge in [-0.15, -0.1) is 0 Å². The summed E-state index contributed by atoms with van der Waals surface area (Å²) in [6.45, 7) is 0. The highest BCUT2D eigenvalue weighted by atomic mass is 16.3. The molecule has 0 aromatic heterocycles. The van der Waals surface area contributed by atoms with Gasteiger partial charge in [-0.3, -0.25) is 0 Å². The zero-order chi connectivity index (χ0) is 11.6. The molecule has 17 heavy (non-hydrogen) atoms. The minimum Gasteiger partial charge on any atom is -0.388 e. The molecule has 1 aliphatic carbocycles. The SMILES string of the molecule is CN1[C@H]2CC[C@@H]1[C@@H]1[C@H](C2)c2ccccc2[C@@H]1O. The number of benzene rings is 1. The summed E-state index contributed by atoms with van der Waals surface area (Å²) in [4.78, 5) is 2.52. The predicted molar refractivity (Wildman–Crippen MR) is 66.8 cm³/mol. The quantitative estimate of drug-likeness (QED) is 0.738. The Morgan fingerprint density at radius 2 is 1.94 bits per heavy atom. The Balaban J connectivity index is 1.82. The van der Waals surface area contributed by atoms with Crippen molar-refractivity contribution in [3.63, 3.8) is 0 Å². The van der Waals surface area contributed by atoms with Crippen molar-refractivity contribution in [3.05, 3.63) is 35.4 Å². The molecular formula is C15H19NO. The van der Waals surface area contributed by atoms with Crippen LogP contribution in [0, 0.1) is 5.92 Å². The lowest BCUT2D eigenvalue weighted by Gasteiger charge is -2.41. The van der Waals surface area contributed by atoms with Crippen LogP contribution in [-0.4, -0.2) is 29.1 Å². The van der Waals surface area contributed by atoms with Crippen molar-refractivity contribution in [1.82, 2.24) is 4.90 Å². The summed E-state index contributed by atoms with van der Waals surface area (Å²) < 4.78 is 0. The third-order valence-corrected chi connectivity index (χ3v) is 5.41. The second kappa shape index (κ2) is 3.33. The van der Waals surface area contributed by atoms with E-state index in [-0.39, 0.29) is 6.10 Å². The molecule has 2 aliphatic heterocycles. The molecule has 4 rings (SSSR count). The second-order valence-electron chi connectivity index (χ2n) is 5.96. The van der Waals surface area contributed by atoms with Gasteiger partial charge in [-0.2, -0.15) is 0 Å². The van der Waals surface area contributed by atoms with Crippen molar-refractivity contribution in [2.24, 2.45) is 5.92 Å². The molecule has 0 spiro atoms.